The fourth-order valence-electron chi connectivity index (χ4n) is 13.5. The van der Waals surface area contributed by atoms with Gasteiger partial charge >= 0.3 is 0 Å². The lowest BCUT2D eigenvalue weighted by Crippen LogP contribution is -2.61. The van der Waals surface area contributed by atoms with Crippen LogP contribution in [0.2, 0.25) is 0 Å². The average molecular weight is 985 g/mol. The van der Waals surface area contributed by atoms with Crippen molar-refractivity contribution in [2.45, 2.75) is 52.4 Å². The molecule has 2 aliphatic heterocycles. The summed E-state index contributed by atoms with van der Waals surface area (Å²) >= 11 is 0. The van der Waals surface area contributed by atoms with Gasteiger partial charge in [-0.25, -0.2) is 9.97 Å². The van der Waals surface area contributed by atoms with E-state index >= 15 is 0 Å². The molecule has 0 N–H and O–H groups in total. The van der Waals surface area contributed by atoms with Crippen molar-refractivity contribution in [3.05, 3.63) is 223 Å². The molecule has 0 amide bonds. The van der Waals surface area contributed by atoms with Gasteiger partial charge in [0, 0.05) is 50.6 Å². The van der Waals surface area contributed by atoms with Crippen LogP contribution in [0.25, 0.3) is 98.2 Å². The van der Waals surface area contributed by atoms with Crippen LogP contribution in [0, 0.1) is 0 Å². The molecule has 0 atom stereocenters. The van der Waals surface area contributed by atoms with Gasteiger partial charge in [0.2, 0.25) is 0 Å². The second-order valence-corrected chi connectivity index (χ2v) is 23.7. The van der Waals surface area contributed by atoms with Crippen molar-refractivity contribution in [1.29, 1.82) is 0 Å². The van der Waals surface area contributed by atoms with Gasteiger partial charge in [0.25, 0.3) is 6.71 Å². The smallest absolute Gasteiger partial charge is 0.253 e. The molecule has 3 heterocycles. The first-order chi connectivity index (χ1) is 37.4. The fourth-order valence-corrected chi connectivity index (χ4v) is 13.5. The molecule has 4 nitrogen and oxygen atoms in total. The first kappa shape index (κ1) is 44.3. The molecule has 5 heteroatoms. The molecule has 1 aromatic heterocycles. The first-order valence-corrected chi connectivity index (χ1v) is 27.2. The Hall–Kier alpha value is -9.06. The van der Waals surface area contributed by atoms with Crippen LogP contribution >= 0.6 is 0 Å². The van der Waals surface area contributed by atoms with Crippen molar-refractivity contribution in [2.24, 2.45) is 0 Å². The number of aromatic nitrogens is 2. The Kier molecular flexibility index (Phi) is 9.05. The number of rotatable bonds is 4. The predicted molar refractivity (Wildman–Crippen MR) is 329 cm³/mol. The third-order valence-corrected chi connectivity index (χ3v) is 17.2. The Morgan fingerprint density at radius 1 is 0.338 bits per heavy atom. The minimum Gasteiger partial charge on any atom is -0.311 e. The van der Waals surface area contributed by atoms with Crippen LogP contribution in [0.3, 0.4) is 0 Å². The second kappa shape index (κ2) is 15.8. The molecule has 0 saturated heterocycles. The Morgan fingerprint density at radius 2 is 0.779 bits per heavy atom. The van der Waals surface area contributed by atoms with E-state index in [0.717, 1.165) is 50.5 Å². The van der Waals surface area contributed by atoms with Crippen LogP contribution in [-0.4, -0.2) is 16.7 Å². The molecule has 364 valence electrons. The van der Waals surface area contributed by atoms with E-state index < -0.39 is 0 Å². The fraction of sp³-hybridized carbons (Fsp3) is 0.111. The van der Waals surface area contributed by atoms with E-state index in [9.17, 15) is 0 Å². The molecule has 0 spiro atoms. The SMILES string of the molecule is CC(C)(C)c1ccc(N2c3cc(-c4nc(-c5ccccc5)c5ccccc5n4)cc4c3B(c3c2cc2ccc5cccc6ccc3c2c56)c2c(cc3ccc5cccc6ccc2c3c56)N4c2ccc(C(C)(C)C)cc2)cc1. The van der Waals surface area contributed by atoms with Crippen molar-refractivity contribution in [3.8, 4) is 22.6 Å². The van der Waals surface area contributed by atoms with Crippen LogP contribution in [0.1, 0.15) is 52.7 Å². The Balaban J connectivity index is 1.10. The van der Waals surface area contributed by atoms with E-state index in [2.05, 4.69) is 264 Å². The maximum absolute atomic E-state index is 5.61. The zero-order chi connectivity index (χ0) is 51.6. The largest absolute Gasteiger partial charge is 0.311 e. The molecule has 14 aromatic rings. The summed E-state index contributed by atoms with van der Waals surface area (Å²) in [4.78, 5) is 16.3. The summed E-state index contributed by atoms with van der Waals surface area (Å²) in [5.74, 6) is 0.687. The number of hydrogen-bond donors (Lipinski definition) is 0. The van der Waals surface area contributed by atoms with Gasteiger partial charge in [-0.2, -0.15) is 0 Å². The summed E-state index contributed by atoms with van der Waals surface area (Å²) in [7, 11) is 0. The number of fused-ring (bicyclic) bond motifs is 7. The quantitative estimate of drug-likeness (QED) is 0.130. The van der Waals surface area contributed by atoms with E-state index in [1.807, 2.05) is 0 Å². The Morgan fingerprint density at radius 3 is 1.27 bits per heavy atom. The van der Waals surface area contributed by atoms with E-state index in [1.165, 1.54) is 104 Å². The van der Waals surface area contributed by atoms with E-state index in [-0.39, 0.29) is 17.5 Å². The second-order valence-electron chi connectivity index (χ2n) is 23.7. The van der Waals surface area contributed by atoms with Gasteiger partial charge in [-0.3, -0.25) is 0 Å². The highest BCUT2D eigenvalue weighted by molar-refractivity contribution is 7.03. The topological polar surface area (TPSA) is 32.3 Å². The monoisotopic (exact) mass is 984 g/mol. The number of benzene rings is 13. The zero-order valence-electron chi connectivity index (χ0n) is 44.1. The molecule has 0 bridgehead atoms. The molecule has 0 unspecified atom stereocenters. The van der Waals surface area contributed by atoms with Crippen LogP contribution in [0.4, 0.5) is 34.1 Å². The lowest BCUT2D eigenvalue weighted by atomic mass is 9.32. The standard InChI is InChI=1S/C72H53BN4/c1-71(2,3)50-28-32-52(33-29-50)76-58-38-47-24-22-42-16-12-18-44-26-36-55(64(47)62(42)44)66(58)73-67-56-37-27-45-19-13-17-43-23-25-48(65(56)63(43)45)39-59(67)77(53-34-30-51(31-35-53)72(4,5)6)61-41-49(40-60(76)68(61)73)70-74-57-21-11-10-20-54(57)69(75-70)46-14-8-7-9-15-46/h7-41H,1-6H3. The Bertz CT molecular complexity index is 4490. The minimum atomic E-state index is -0.166. The molecular weight excluding hydrogens is 932 g/mol. The van der Waals surface area contributed by atoms with Gasteiger partial charge < -0.3 is 9.80 Å². The van der Waals surface area contributed by atoms with E-state index in [1.54, 1.807) is 0 Å². The van der Waals surface area contributed by atoms with Gasteiger partial charge in [0.1, 0.15) is 0 Å². The molecule has 13 aromatic carbocycles. The summed E-state index contributed by atoms with van der Waals surface area (Å²) in [6.07, 6.45) is 0. The normalized spacial score (nSPS) is 13.5. The van der Waals surface area contributed by atoms with E-state index in [0.29, 0.717) is 5.82 Å². The lowest BCUT2D eigenvalue weighted by Gasteiger charge is -2.45. The highest BCUT2D eigenvalue weighted by Crippen LogP contribution is 2.51. The van der Waals surface area contributed by atoms with Crippen LogP contribution < -0.4 is 26.2 Å². The first-order valence-electron chi connectivity index (χ1n) is 27.2. The minimum absolute atomic E-state index is 0.0230. The van der Waals surface area contributed by atoms with Gasteiger partial charge in [-0.15, -0.1) is 0 Å². The van der Waals surface area contributed by atoms with Crippen LogP contribution in [0.15, 0.2) is 212 Å². The van der Waals surface area contributed by atoms with Crippen molar-refractivity contribution in [3.63, 3.8) is 0 Å². The molecule has 0 aliphatic carbocycles. The van der Waals surface area contributed by atoms with Crippen molar-refractivity contribution >= 4 is 133 Å². The van der Waals surface area contributed by atoms with Gasteiger partial charge in [-0.05, 0) is 158 Å². The molecule has 0 fully saturated rings. The lowest BCUT2D eigenvalue weighted by molar-refractivity contribution is 0.590. The summed E-state index contributed by atoms with van der Waals surface area (Å²) in [5.41, 5.74) is 17.1. The zero-order valence-corrected chi connectivity index (χ0v) is 44.1. The van der Waals surface area contributed by atoms with Crippen molar-refractivity contribution in [1.82, 2.24) is 9.97 Å². The van der Waals surface area contributed by atoms with Gasteiger partial charge in [0.05, 0.1) is 11.2 Å². The Labute approximate surface area is 448 Å². The third-order valence-electron chi connectivity index (χ3n) is 17.2. The van der Waals surface area contributed by atoms with Crippen LogP contribution in [-0.2, 0) is 10.8 Å². The van der Waals surface area contributed by atoms with Crippen molar-refractivity contribution in [2.75, 3.05) is 9.80 Å². The van der Waals surface area contributed by atoms with Gasteiger partial charge in [0.15, 0.2) is 5.82 Å². The highest BCUT2D eigenvalue weighted by Gasteiger charge is 2.46. The summed E-state index contributed by atoms with van der Waals surface area (Å²) in [5, 5.41) is 16.4. The highest BCUT2D eigenvalue weighted by atomic mass is 15.2. The summed E-state index contributed by atoms with van der Waals surface area (Å²) < 4.78 is 0. The van der Waals surface area contributed by atoms with Gasteiger partial charge in [-0.1, -0.05) is 199 Å². The molecule has 16 rings (SSSR count). The van der Waals surface area contributed by atoms with Crippen LogP contribution in [0.5, 0.6) is 0 Å². The molecule has 0 saturated carbocycles. The number of anilines is 6. The maximum Gasteiger partial charge on any atom is 0.253 e. The molecule has 0 radical (unpaired) electrons. The van der Waals surface area contributed by atoms with E-state index in [4.69, 9.17) is 9.97 Å². The average Bonchev–Trinajstić information content (AvgIpc) is 3.54. The molecule has 77 heavy (non-hydrogen) atoms. The number of hydrogen-bond acceptors (Lipinski definition) is 4. The summed E-state index contributed by atoms with van der Waals surface area (Å²) in [6.45, 7) is 13.6. The predicted octanol–water partition coefficient (Wildman–Crippen LogP) is 17.4. The number of nitrogens with zero attached hydrogens (tertiary/aromatic N) is 4. The van der Waals surface area contributed by atoms with Crippen molar-refractivity contribution < 1.29 is 0 Å². The third kappa shape index (κ3) is 6.41. The maximum atomic E-state index is 5.61. The number of para-hydroxylation sites is 1. The molecular formula is C72H53BN4. The molecule has 2 aliphatic rings. The summed E-state index contributed by atoms with van der Waals surface area (Å²) in [6, 6.07) is 80.1.